The number of aliphatic hydroxyl groups is 1. The van der Waals surface area contributed by atoms with Crippen molar-refractivity contribution in [1.82, 2.24) is 0 Å². The summed E-state index contributed by atoms with van der Waals surface area (Å²) in [6.45, 7) is 9.67. The van der Waals surface area contributed by atoms with Crippen LogP contribution < -0.4 is 0 Å². The molecule has 0 heterocycles. The fourth-order valence-corrected chi connectivity index (χ4v) is 1.09. The zero-order valence-electron chi connectivity index (χ0n) is 8.38. The Kier molecular flexibility index (Phi) is 5.73. The largest absolute Gasteiger partial charge is 0.393 e. The third-order valence-corrected chi connectivity index (χ3v) is 1.98. The van der Waals surface area contributed by atoms with Crippen molar-refractivity contribution in [3.05, 3.63) is 24.3 Å². The van der Waals surface area contributed by atoms with E-state index in [0.29, 0.717) is 5.92 Å². The third-order valence-electron chi connectivity index (χ3n) is 1.98. The zero-order valence-corrected chi connectivity index (χ0v) is 8.38. The smallest absolute Gasteiger partial charge is 0.0546 e. The van der Waals surface area contributed by atoms with Gasteiger partial charge in [0.1, 0.15) is 0 Å². The van der Waals surface area contributed by atoms with Crippen LogP contribution in [0.1, 0.15) is 33.6 Å². The minimum absolute atomic E-state index is 0.237. The SMILES string of the molecule is C=CCC(CC=C(C)C)C(C)O. The van der Waals surface area contributed by atoms with Crippen LogP contribution in [0.25, 0.3) is 0 Å². The van der Waals surface area contributed by atoms with Gasteiger partial charge in [0.25, 0.3) is 0 Å². The van der Waals surface area contributed by atoms with Crippen molar-refractivity contribution in [2.24, 2.45) is 5.92 Å². The molecule has 1 N–H and O–H groups in total. The van der Waals surface area contributed by atoms with Gasteiger partial charge in [0.2, 0.25) is 0 Å². The average molecular weight is 168 g/mol. The van der Waals surface area contributed by atoms with Gasteiger partial charge in [0.05, 0.1) is 6.10 Å². The van der Waals surface area contributed by atoms with Gasteiger partial charge >= 0.3 is 0 Å². The van der Waals surface area contributed by atoms with E-state index in [4.69, 9.17) is 0 Å². The molecule has 70 valence electrons. The summed E-state index contributed by atoms with van der Waals surface area (Å²) >= 11 is 0. The van der Waals surface area contributed by atoms with Crippen molar-refractivity contribution in [3.63, 3.8) is 0 Å². The van der Waals surface area contributed by atoms with E-state index in [1.807, 2.05) is 13.0 Å². The quantitative estimate of drug-likeness (QED) is 0.626. The van der Waals surface area contributed by atoms with Crippen molar-refractivity contribution >= 4 is 0 Å². The monoisotopic (exact) mass is 168 g/mol. The van der Waals surface area contributed by atoms with E-state index in [-0.39, 0.29) is 6.10 Å². The number of hydrogen-bond acceptors (Lipinski definition) is 1. The normalized spacial score (nSPS) is 15.0. The molecule has 12 heavy (non-hydrogen) atoms. The molecular formula is C11H20O. The van der Waals surface area contributed by atoms with Gasteiger partial charge < -0.3 is 5.11 Å². The van der Waals surface area contributed by atoms with Crippen molar-refractivity contribution < 1.29 is 5.11 Å². The summed E-state index contributed by atoms with van der Waals surface area (Å²) in [7, 11) is 0. The molecule has 0 rings (SSSR count). The summed E-state index contributed by atoms with van der Waals surface area (Å²) in [5, 5.41) is 9.38. The van der Waals surface area contributed by atoms with Crippen LogP contribution in [-0.2, 0) is 0 Å². The maximum absolute atomic E-state index is 9.38. The molecule has 0 bridgehead atoms. The van der Waals surface area contributed by atoms with Crippen LogP contribution in [0.3, 0.4) is 0 Å². The standard InChI is InChI=1S/C11H20O/c1-5-6-11(10(4)12)8-7-9(2)3/h5,7,10-12H,1,6,8H2,2-4H3. The number of hydrogen-bond donors (Lipinski definition) is 1. The van der Waals surface area contributed by atoms with Crippen LogP contribution in [0.4, 0.5) is 0 Å². The molecule has 2 unspecified atom stereocenters. The molecule has 0 aliphatic heterocycles. The molecule has 1 nitrogen and oxygen atoms in total. The molecule has 0 aromatic carbocycles. The van der Waals surface area contributed by atoms with Gasteiger partial charge in [-0.15, -0.1) is 6.58 Å². The van der Waals surface area contributed by atoms with Crippen LogP contribution in [0, 0.1) is 5.92 Å². The lowest BCUT2D eigenvalue weighted by atomic mass is 9.95. The van der Waals surface area contributed by atoms with Crippen molar-refractivity contribution in [3.8, 4) is 0 Å². The second-order valence-electron chi connectivity index (χ2n) is 3.54. The van der Waals surface area contributed by atoms with E-state index in [0.717, 1.165) is 12.8 Å². The highest BCUT2D eigenvalue weighted by Gasteiger charge is 2.10. The third kappa shape index (κ3) is 5.14. The number of aliphatic hydroxyl groups excluding tert-OH is 1. The lowest BCUT2D eigenvalue weighted by Gasteiger charge is -2.16. The van der Waals surface area contributed by atoms with E-state index >= 15 is 0 Å². The van der Waals surface area contributed by atoms with Crippen molar-refractivity contribution in [1.29, 1.82) is 0 Å². The van der Waals surface area contributed by atoms with E-state index in [2.05, 4.69) is 26.5 Å². The van der Waals surface area contributed by atoms with Crippen LogP contribution >= 0.6 is 0 Å². The average Bonchev–Trinajstić information content (AvgIpc) is 1.96. The highest BCUT2D eigenvalue weighted by atomic mass is 16.3. The van der Waals surface area contributed by atoms with E-state index in [1.165, 1.54) is 5.57 Å². The Morgan fingerprint density at radius 1 is 1.42 bits per heavy atom. The first kappa shape index (κ1) is 11.4. The highest BCUT2D eigenvalue weighted by Crippen LogP contribution is 2.15. The van der Waals surface area contributed by atoms with E-state index < -0.39 is 0 Å². The molecule has 0 fully saturated rings. The molecule has 0 aliphatic rings. The lowest BCUT2D eigenvalue weighted by Crippen LogP contribution is -2.15. The van der Waals surface area contributed by atoms with Gasteiger partial charge in [0, 0.05) is 0 Å². The fourth-order valence-electron chi connectivity index (χ4n) is 1.09. The summed E-state index contributed by atoms with van der Waals surface area (Å²) in [6, 6.07) is 0. The Morgan fingerprint density at radius 2 is 2.00 bits per heavy atom. The summed E-state index contributed by atoms with van der Waals surface area (Å²) in [5.74, 6) is 0.331. The van der Waals surface area contributed by atoms with Gasteiger partial charge in [-0.2, -0.15) is 0 Å². The first-order valence-corrected chi connectivity index (χ1v) is 4.50. The Balaban J connectivity index is 3.95. The first-order valence-electron chi connectivity index (χ1n) is 4.50. The van der Waals surface area contributed by atoms with Gasteiger partial charge in [-0.3, -0.25) is 0 Å². The van der Waals surface area contributed by atoms with E-state index in [9.17, 15) is 5.11 Å². The van der Waals surface area contributed by atoms with Gasteiger partial charge in [0.15, 0.2) is 0 Å². The highest BCUT2D eigenvalue weighted by molar-refractivity contribution is 4.95. The topological polar surface area (TPSA) is 20.2 Å². The second-order valence-corrected chi connectivity index (χ2v) is 3.54. The van der Waals surface area contributed by atoms with Gasteiger partial charge in [-0.1, -0.05) is 17.7 Å². The fraction of sp³-hybridized carbons (Fsp3) is 0.636. The number of allylic oxidation sites excluding steroid dienone is 3. The summed E-state index contributed by atoms with van der Waals surface area (Å²) in [4.78, 5) is 0. The zero-order chi connectivity index (χ0) is 9.56. The Morgan fingerprint density at radius 3 is 2.33 bits per heavy atom. The molecule has 0 saturated carbocycles. The molecule has 2 atom stereocenters. The summed E-state index contributed by atoms with van der Waals surface area (Å²) in [6.07, 6.45) is 5.64. The maximum atomic E-state index is 9.38. The number of rotatable bonds is 5. The summed E-state index contributed by atoms with van der Waals surface area (Å²) < 4.78 is 0. The van der Waals surface area contributed by atoms with Gasteiger partial charge in [-0.05, 0) is 39.5 Å². The van der Waals surface area contributed by atoms with Crippen molar-refractivity contribution in [2.45, 2.75) is 39.7 Å². The Hall–Kier alpha value is -0.560. The minimum atomic E-state index is -0.237. The predicted octanol–water partition coefficient (Wildman–Crippen LogP) is 2.92. The Labute approximate surface area is 75.8 Å². The molecule has 0 spiro atoms. The molecule has 0 radical (unpaired) electrons. The molecule has 1 heteroatoms. The van der Waals surface area contributed by atoms with Crippen molar-refractivity contribution in [2.75, 3.05) is 0 Å². The second kappa shape index (κ2) is 6.01. The molecule has 0 amide bonds. The molecular weight excluding hydrogens is 148 g/mol. The molecule has 0 aromatic rings. The van der Waals surface area contributed by atoms with E-state index in [1.54, 1.807) is 0 Å². The lowest BCUT2D eigenvalue weighted by molar-refractivity contribution is 0.128. The van der Waals surface area contributed by atoms with Crippen LogP contribution in [0.2, 0.25) is 0 Å². The maximum Gasteiger partial charge on any atom is 0.0546 e. The van der Waals surface area contributed by atoms with Crippen LogP contribution in [0.15, 0.2) is 24.3 Å². The van der Waals surface area contributed by atoms with Gasteiger partial charge in [-0.25, -0.2) is 0 Å². The molecule has 0 aliphatic carbocycles. The Bertz CT molecular complexity index is 152. The summed E-state index contributed by atoms with van der Waals surface area (Å²) in [5.41, 5.74) is 1.31. The molecule has 0 saturated heterocycles. The predicted molar refractivity (Wildman–Crippen MR) is 54.0 cm³/mol. The molecule has 0 aromatic heterocycles. The van der Waals surface area contributed by atoms with Crippen LogP contribution in [0.5, 0.6) is 0 Å². The minimum Gasteiger partial charge on any atom is -0.393 e. The first-order chi connectivity index (χ1) is 5.57. The van der Waals surface area contributed by atoms with Crippen LogP contribution in [-0.4, -0.2) is 11.2 Å².